The monoisotopic (exact) mass is 511 g/mol. The molecule has 35 heavy (non-hydrogen) atoms. The summed E-state index contributed by atoms with van der Waals surface area (Å²) in [5, 5.41) is 6.03. The van der Waals surface area contributed by atoms with Gasteiger partial charge in [0.1, 0.15) is 0 Å². The van der Waals surface area contributed by atoms with E-state index in [0.29, 0.717) is 29.2 Å². The molecule has 182 valence electrons. The molecule has 3 aromatic rings. The molecule has 1 aliphatic rings. The lowest BCUT2D eigenvalue weighted by atomic mass is 9.92. The van der Waals surface area contributed by atoms with E-state index in [4.69, 9.17) is 11.6 Å². The number of benzene rings is 3. The van der Waals surface area contributed by atoms with Gasteiger partial charge >= 0.3 is 0 Å². The predicted octanol–water partition coefficient (Wildman–Crippen LogP) is 5.01. The molecule has 0 unspecified atom stereocenters. The van der Waals surface area contributed by atoms with Crippen LogP contribution in [0.15, 0.2) is 77.7 Å². The Labute approximate surface area is 210 Å². The highest BCUT2D eigenvalue weighted by atomic mass is 35.5. The summed E-state index contributed by atoms with van der Waals surface area (Å²) in [4.78, 5) is 24.7. The van der Waals surface area contributed by atoms with Gasteiger partial charge in [0.15, 0.2) is 0 Å². The van der Waals surface area contributed by atoms with Crippen LogP contribution in [0.5, 0.6) is 0 Å². The fourth-order valence-electron chi connectivity index (χ4n) is 4.18. The Hall–Kier alpha value is -3.20. The molecule has 4 rings (SSSR count). The molecule has 9 heteroatoms. The number of nitrogens with zero attached hydrogens (tertiary/aromatic N) is 1. The van der Waals surface area contributed by atoms with E-state index in [0.717, 1.165) is 11.1 Å². The average Bonchev–Trinajstić information content (AvgIpc) is 2.84. The Morgan fingerprint density at radius 3 is 2.37 bits per heavy atom. The lowest BCUT2D eigenvalue weighted by Crippen LogP contribution is -2.41. The predicted molar refractivity (Wildman–Crippen MR) is 137 cm³/mol. The Bertz CT molecular complexity index is 1340. The summed E-state index contributed by atoms with van der Waals surface area (Å²) in [6.07, 6.45) is 0.825. The maximum Gasteiger partial charge on any atom is 0.243 e. The number of fused-ring (bicyclic) bond motifs is 1. The zero-order valence-electron chi connectivity index (χ0n) is 19.2. The van der Waals surface area contributed by atoms with Gasteiger partial charge in [-0.15, -0.1) is 0 Å². The van der Waals surface area contributed by atoms with Gasteiger partial charge in [0, 0.05) is 35.8 Å². The van der Waals surface area contributed by atoms with Crippen LogP contribution in [0.4, 0.5) is 11.4 Å². The van der Waals surface area contributed by atoms with Crippen molar-refractivity contribution in [2.45, 2.75) is 37.1 Å². The number of halogens is 1. The largest absolute Gasteiger partial charge is 0.326 e. The molecule has 1 aliphatic heterocycles. The first-order valence-electron chi connectivity index (χ1n) is 11.3. The van der Waals surface area contributed by atoms with E-state index < -0.39 is 16.1 Å². The van der Waals surface area contributed by atoms with Crippen molar-refractivity contribution >= 4 is 44.8 Å². The van der Waals surface area contributed by atoms with Crippen LogP contribution < -0.4 is 10.6 Å². The SMILES string of the molecule is CCC(=O)Nc1ccc(S(=O)(=O)N2CCc3ccccc3[C@H]2CC(=O)Nc2cccc(Cl)c2)cc1. The summed E-state index contributed by atoms with van der Waals surface area (Å²) in [6, 6.07) is 19.8. The van der Waals surface area contributed by atoms with Gasteiger partial charge in [0.05, 0.1) is 10.9 Å². The second kappa shape index (κ2) is 10.6. The lowest BCUT2D eigenvalue weighted by molar-refractivity contribution is -0.117. The van der Waals surface area contributed by atoms with Gasteiger partial charge < -0.3 is 10.6 Å². The van der Waals surface area contributed by atoms with Crippen molar-refractivity contribution in [1.82, 2.24) is 4.31 Å². The molecule has 0 radical (unpaired) electrons. The summed E-state index contributed by atoms with van der Waals surface area (Å²) < 4.78 is 28.7. The third-order valence-corrected chi connectivity index (χ3v) is 8.07. The number of carbonyl (C=O) groups is 2. The van der Waals surface area contributed by atoms with Crippen molar-refractivity contribution in [2.75, 3.05) is 17.2 Å². The highest BCUT2D eigenvalue weighted by molar-refractivity contribution is 7.89. The van der Waals surface area contributed by atoms with Crippen molar-refractivity contribution in [3.05, 3.63) is 88.9 Å². The number of sulfonamides is 1. The second-order valence-electron chi connectivity index (χ2n) is 8.27. The van der Waals surface area contributed by atoms with E-state index in [1.807, 2.05) is 24.3 Å². The second-order valence-corrected chi connectivity index (χ2v) is 10.6. The van der Waals surface area contributed by atoms with Gasteiger partial charge in [0.25, 0.3) is 0 Å². The molecule has 0 fully saturated rings. The van der Waals surface area contributed by atoms with Crippen molar-refractivity contribution in [2.24, 2.45) is 0 Å². The molecular formula is C26H26ClN3O4S. The fourth-order valence-corrected chi connectivity index (χ4v) is 5.97. The summed E-state index contributed by atoms with van der Waals surface area (Å²) in [6.45, 7) is 1.99. The van der Waals surface area contributed by atoms with Gasteiger partial charge in [-0.1, -0.05) is 48.9 Å². The van der Waals surface area contributed by atoms with Gasteiger partial charge in [0.2, 0.25) is 21.8 Å². The zero-order valence-corrected chi connectivity index (χ0v) is 20.8. The lowest BCUT2D eigenvalue weighted by Gasteiger charge is -2.36. The van der Waals surface area contributed by atoms with Gasteiger partial charge in [-0.2, -0.15) is 4.31 Å². The molecular weight excluding hydrogens is 486 g/mol. The highest BCUT2D eigenvalue weighted by Gasteiger charge is 2.37. The average molecular weight is 512 g/mol. The summed E-state index contributed by atoms with van der Waals surface area (Å²) in [5.41, 5.74) is 2.91. The van der Waals surface area contributed by atoms with E-state index >= 15 is 0 Å². The Morgan fingerprint density at radius 2 is 1.66 bits per heavy atom. The number of amides is 2. The molecule has 2 amide bonds. The van der Waals surface area contributed by atoms with Gasteiger partial charge in [-0.3, -0.25) is 9.59 Å². The smallest absolute Gasteiger partial charge is 0.243 e. The molecule has 3 aromatic carbocycles. The zero-order chi connectivity index (χ0) is 25.0. The van der Waals surface area contributed by atoms with Crippen molar-refractivity contribution in [3.63, 3.8) is 0 Å². The number of carbonyl (C=O) groups excluding carboxylic acids is 2. The summed E-state index contributed by atoms with van der Waals surface area (Å²) in [5.74, 6) is -0.467. The van der Waals surface area contributed by atoms with Crippen LogP contribution in [0.3, 0.4) is 0 Å². The Balaban J connectivity index is 1.62. The summed E-state index contributed by atoms with van der Waals surface area (Å²) >= 11 is 6.02. The van der Waals surface area contributed by atoms with Crippen LogP contribution in [0.1, 0.15) is 36.9 Å². The van der Waals surface area contributed by atoms with E-state index in [2.05, 4.69) is 10.6 Å². The molecule has 0 bridgehead atoms. The third kappa shape index (κ3) is 5.73. The minimum Gasteiger partial charge on any atom is -0.326 e. The number of rotatable bonds is 7. The molecule has 1 heterocycles. The quantitative estimate of drug-likeness (QED) is 0.466. The van der Waals surface area contributed by atoms with Crippen molar-refractivity contribution in [3.8, 4) is 0 Å². The fraction of sp³-hybridized carbons (Fsp3) is 0.231. The number of anilines is 2. The Morgan fingerprint density at radius 1 is 0.943 bits per heavy atom. The Kier molecular flexibility index (Phi) is 7.54. The van der Waals surface area contributed by atoms with Gasteiger partial charge in [-0.05, 0) is 60.0 Å². The van der Waals surface area contributed by atoms with Crippen molar-refractivity contribution < 1.29 is 18.0 Å². The molecule has 7 nitrogen and oxygen atoms in total. The van der Waals surface area contributed by atoms with Crippen LogP contribution >= 0.6 is 11.6 Å². The third-order valence-electron chi connectivity index (χ3n) is 5.92. The molecule has 0 aromatic heterocycles. The minimum atomic E-state index is -3.91. The molecule has 0 saturated heterocycles. The van der Waals surface area contributed by atoms with Gasteiger partial charge in [-0.25, -0.2) is 8.42 Å². The normalized spacial score (nSPS) is 15.8. The molecule has 2 N–H and O–H groups in total. The standard InChI is InChI=1S/C26H26ClN3O4S/c1-2-25(31)28-20-10-12-22(13-11-20)35(33,34)30-15-14-18-6-3-4-9-23(18)24(30)17-26(32)29-21-8-5-7-19(27)16-21/h3-13,16,24H,2,14-15,17H2,1H3,(H,28,31)(H,29,32)/t24-/m1/s1. The first-order valence-corrected chi connectivity index (χ1v) is 13.1. The molecule has 1 atom stereocenters. The number of hydrogen-bond acceptors (Lipinski definition) is 4. The van der Waals surface area contributed by atoms with Crippen LogP contribution in [-0.4, -0.2) is 31.1 Å². The highest BCUT2D eigenvalue weighted by Crippen LogP contribution is 2.36. The molecule has 0 saturated carbocycles. The maximum absolute atomic E-state index is 13.7. The summed E-state index contributed by atoms with van der Waals surface area (Å²) in [7, 11) is -3.91. The van der Waals surface area contributed by atoms with Crippen LogP contribution in [0.25, 0.3) is 0 Å². The minimum absolute atomic E-state index is 0.0482. The van der Waals surface area contributed by atoms with E-state index in [-0.39, 0.29) is 29.7 Å². The number of hydrogen-bond donors (Lipinski definition) is 2. The first-order chi connectivity index (χ1) is 16.8. The van der Waals surface area contributed by atoms with Crippen LogP contribution in [0.2, 0.25) is 5.02 Å². The molecule has 0 aliphatic carbocycles. The van der Waals surface area contributed by atoms with Crippen LogP contribution in [-0.2, 0) is 26.0 Å². The van der Waals surface area contributed by atoms with E-state index in [1.54, 1.807) is 43.3 Å². The topological polar surface area (TPSA) is 95.6 Å². The number of nitrogens with one attached hydrogen (secondary N) is 2. The molecule has 0 spiro atoms. The first kappa shape index (κ1) is 24.9. The van der Waals surface area contributed by atoms with E-state index in [9.17, 15) is 18.0 Å². The van der Waals surface area contributed by atoms with E-state index in [1.165, 1.54) is 16.4 Å². The van der Waals surface area contributed by atoms with Crippen molar-refractivity contribution in [1.29, 1.82) is 0 Å². The maximum atomic E-state index is 13.7. The van der Waals surface area contributed by atoms with Crippen LogP contribution in [0, 0.1) is 0 Å².